The van der Waals surface area contributed by atoms with E-state index in [2.05, 4.69) is 19.2 Å². The lowest BCUT2D eigenvalue weighted by atomic mass is 9.79. The van der Waals surface area contributed by atoms with Gasteiger partial charge in [0.15, 0.2) is 11.5 Å². The summed E-state index contributed by atoms with van der Waals surface area (Å²) in [5.41, 5.74) is 0.968. The smallest absolute Gasteiger partial charge is 0.407 e. The summed E-state index contributed by atoms with van der Waals surface area (Å²) in [7, 11) is 0. The minimum absolute atomic E-state index is 0.0421. The molecule has 1 aromatic rings. The first-order chi connectivity index (χ1) is 11.2. The molecule has 5 heteroatoms. The SMILES string of the molecule is CCC1CCC(C)CC1OC(=O)NCc1ccc2c(c1)OCO2. The van der Waals surface area contributed by atoms with Gasteiger partial charge in [0, 0.05) is 6.54 Å². The van der Waals surface area contributed by atoms with Gasteiger partial charge in [-0.25, -0.2) is 4.79 Å². The van der Waals surface area contributed by atoms with Crippen LogP contribution in [-0.4, -0.2) is 19.0 Å². The number of amides is 1. The number of rotatable bonds is 4. The molecule has 1 saturated carbocycles. The molecule has 1 N–H and O–H groups in total. The van der Waals surface area contributed by atoms with Crippen LogP contribution in [0, 0.1) is 11.8 Å². The van der Waals surface area contributed by atoms with Crippen molar-refractivity contribution >= 4 is 6.09 Å². The van der Waals surface area contributed by atoms with E-state index in [4.69, 9.17) is 14.2 Å². The summed E-state index contributed by atoms with van der Waals surface area (Å²) in [6.45, 7) is 5.08. The Kier molecular flexibility index (Phi) is 4.94. The highest BCUT2D eigenvalue weighted by molar-refractivity contribution is 5.67. The van der Waals surface area contributed by atoms with E-state index >= 15 is 0 Å². The van der Waals surface area contributed by atoms with Gasteiger partial charge in [-0.3, -0.25) is 0 Å². The van der Waals surface area contributed by atoms with Crippen molar-refractivity contribution in [1.29, 1.82) is 0 Å². The van der Waals surface area contributed by atoms with Crippen molar-refractivity contribution in [3.8, 4) is 11.5 Å². The molecule has 0 spiro atoms. The van der Waals surface area contributed by atoms with E-state index < -0.39 is 0 Å². The zero-order valence-electron chi connectivity index (χ0n) is 13.8. The molecule has 1 amide bonds. The van der Waals surface area contributed by atoms with Gasteiger partial charge in [0.05, 0.1) is 0 Å². The average molecular weight is 319 g/mol. The lowest BCUT2D eigenvalue weighted by molar-refractivity contribution is 0.0213. The molecule has 0 saturated heterocycles. The first-order valence-electron chi connectivity index (χ1n) is 8.48. The summed E-state index contributed by atoms with van der Waals surface area (Å²) >= 11 is 0. The molecule has 1 heterocycles. The maximum atomic E-state index is 12.1. The highest BCUT2D eigenvalue weighted by atomic mass is 16.7. The first kappa shape index (κ1) is 16.0. The lowest BCUT2D eigenvalue weighted by Gasteiger charge is -2.33. The van der Waals surface area contributed by atoms with E-state index in [1.807, 2.05) is 18.2 Å². The number of fused-ring (bicyclic) bond motifs is 1. The van der Waals surface area contributed by atoms with E-state index in [1.165, 1.54) is 6.42 Å². The Hall–Kier alpha value is -1.91. The van der Waals surface area contributed by atoms with Crippen LogP contribution in [0.15, 0.2) is 18.2 Å². The van der Waals surface area contributed by atoms with Crippen LogP contribution in [0.3, 0.4) is 0 Å². The standard InChI is InChI=1S/C18H25NO4/c1-3-14-6-4-12(2)8-16(14)23-18(20)19-10-13-5-7-15-17(9-13)22-11-21-15/h5,7,9,12,14,16H,3-4,6,8,10-11H2,1-2H3,(H,19,20). The van der Waals surface area contributed by atoms with Gasteiger partial charge in [-0.2, -0.15) is 0 Å². The Bertz CT molecular complexity index is 560. The average Bonchev–Trinajstić information content (AvgIpc) is 3.01. The van der Waals surface area contributed by atoms with Crippen LogP contribution >= 0.6 is 0 Å². The maximum absolute atomic E-state index is 12.1. The maximum Gasteiger partial charge on any atom is 0.407 e. The Morgan fingerprint density at radius 3 is 2.96 bits per heavy atom. The third-order valence-corrected chi connectivity index (χ3v) is 4.85. The fraction of sp³-hybridized carbons (Fsp3) is 0.611. The van der Waals surface area contributed by atoms with Crippen LogP contribution in [0.1, 0.15) is 45.1 Å². The van der Waals surface area contributed by atoms with Gasteiger partial charge in [-0.05, 0) is 48.8 Å². The van der Waals surface area contributed by atoms with E-state index in [-0.39, 0.29) is 19.0 Å². The summed E-state index contributed by atoms with van der Waals surface area (Å²) in [5.74, 6) is 2.59. The number of hydrogen-bond donors (Lipinski definition) is 1. The van der Waals surface area contributed by atoms with Crippen LogP contribution in [0.4, 0.5) is 4.79 Å². The quantitative estimate of drug-likeness (QED) is 0.915. The third kappa shape index (κ3) is 3.89. The van der Waals surface area contributed by atoms with Crippen LogP contribution in [-0.2, 0) is 11.3 Å². The second-order valence-electron chi connectivity index (χ2n) is 6.57. The number of hydrogen-bond acceptors (Lipinski definition) is 4. The van der Waals surface area contributed by atoms with Gasteiger partial charge in [0.25, 0.3) is 0 Å². The predicted molar refractivity (Wildman–Crippen MR) is 86.5 cm³/mol. The van der Waals surface area contributed by atoms with Crippen molar-refractivity contribution in [2.24, 2.45) is 11.8 Å². The van der Waals surface area contributed by atoms with Crippen LogP contribution in [0.25, 0.3) is 0 Å². The Balaban J connectivity index is 1.51. The molecule has 0 aromatic heterocycles. The largest absolute Gasteiger partial charge is 0.454 e. The molecule has 126 valence electrons. The number of benzene rings is 1. The number of ether oxygens (including phenoxy) is 3. The summed E-state index contributed by atoms with van der Waals surface area (Å²) in [5, 5.41) is 2.84. The Labute approximate surface area is 137 Å². The first-order valence-corrected chi connectivity index (χ1v) is 8.48. The van der Waals surface area contributed by atoms with Gasteiger partial charge in [0.2, 0.25) is 6.79 Å². The van der Waals surface area contributed by atoms with Gasteiger partial charge in [0.1, 0.15) is 6.10 Å². The molecule has 1 aliphatic heterocycles. The number of carbonyl (C=O) groups excluding carboxylic acids is 1. The van der Waals surface area contributed by atoms with Crippen LogP contribution in [0.5, 0.6) is 11.5 Å². The molecular weight excluding hydrogens is 294 g/mol. The van der Waals surface area contributed by atoms with E-state index in [0.717, 1.165) is 36.3 Å². The molecular formula is C18H25NO4. The summed E-state index contributed by atoms with van der Waals surface area (Å²) in [6.07, 6.45) is 4.12. The normalized spacial score (nSPS) is 25.9. The molecule has 3 unspecified atom stereocenters. The van der Waals surface area contributed by atoms with Crippen LogP contribution in [0.2, 0.25) is 0 Å². The molecule has 5 nitrogen and oxygen atoms in total. The van der Waals surface area contributed by atoms with E-state index in [9.17, 15) is 4.79 Å². The zero-order chi connectivity index (χ0) is 16.2. The molecule has 0 bridgehead atoms. The van der Waals surface area contributed by atoms with Crippen molar-refractivity contribution in [1.82, 2.24) is 5.32 Å². The van der Waals surface area contributed by atoms with Crippen molar-refractivity contribution in [3.05, 3.63) is 23.8 Å². The molecule has 23 heavy (non-hydrogen) atoms. The molecule has 3 rings (SSSR count). The number of carbonyl (C=O) groups is 1. The fourth-order valence-corrected chi connectivity index (χ4v) is 3.41. The van der Waals surface area contributed by atoms with Crippen molar-refractivity contribution in [2.45, 2.75) is 52.2 Å². The highest BCUT2D eigenvalue weighted by Crippen LogP contribution is 2.33. The monoisotopic (exact) mass is 319 g/mol. The predicted octanol–water partition coefficient (Wildman–Crippen LogP) is 3.86. The molecule has 3 atom stereocenters. The van der Waals surface area contributed by atoms with Gasteiger partial charge < -0.3 is 19.5 Å². The molecule has 1 fully saturated rings. The molecule has 2 aliphatic rings. The van der Waals surface area contributed by atoms with Gasteiger partial charge >= 0.3 is 6.09 Å². The minimum Gasteiger partial charge on any atom is -0.454 e. The summed E-state index contributed by atoms with van der Waals surface area (Å²) in [4.78, 5) is 12.1. The minimum atomic E-state index is -0.333. The Morgan fingerprint density at radius 2 is 2.13 bits per heavy atom. The number of alkyl carbamates (subject to hydrolysis) is 1. The van der Waals surface area contributed by atoms with Crippen LogP contribution < -0.4 is 14.8 Å². The van der Waals surface area contributed by atoms with Crippen molar-refractivity contribution < 1.29 is 19.0 Å². The summed E-state index contributed by atoms with van der Waals surface area (Å²) < 4.78 is 16.3. The molecule has 0 radical (unpaired) electrons. The zero-order valence-corrected chi connectivity index (χ0v) is 13.8. The van der Waals surface area contributed by atoms with Gasteiger partial charge in [-0.1, -0.05) is 26.3 Å². The topological polar surface area (TPSA) is 56.8 Å². The van der Waals surface area contributed by atoms with Crippen molar-refractivity contribution in [2.75, 3.05) is 6.79 Å². The van der Waals surface area contributed by atoms with E-state index in [0.29, 0.717) is 18.4 Å². The second kappa shape index (κ2) is 7.11. The highest BCUT2D eigenvalue weighted by Gasteiger charge is 2.30. The summed E-state index contributed by atoms with van der Waals surface area (Å²) in [6, 6.07) is 5.67. The van der Waals surface area contributed by atoms with E-state index in [1.54, 1.807) is 0 Å². The second-order valence-corrected chi connectivity index (χ2v) is 6.57. The fourth-order valence-electron chi connectivity index (χ4n) is 3.41. The van der Waals surface area contributed by atoms with Crippen molar-refractivity contribution in [3.63, 3.8) is 0 Å². The molecule has 1 aliphatic carbocycles. The molecule has 1 aromatic carbocycles. The Morgan fingerprint density at radius 1 is 1.30 bits per heavy atom. The third-order valence-electron chi connectivity index (χ3n) is 4.85. The lowest BCUT2D eigenvalue weighted by Crippen LogP contribution is -2.36. The number of nitrogens with one attached hydrogen (secondary N) is 1. The van der Waals surface area contributed by atoms with Gasteiger partial charge in [-0.15, -0.1) is 0 Å².